The zero-order chi connectivity index (χ0) is 12.8. The summed E-state index contributed by atoms with van der Waals surface area (Å²) in [5.41, 5.74) is 5.89. The highest BCUT2D eigenvalue weighted by atomic mass is 35.5. The van der Waals surface area contributed by atoms with Crippen molar-refractivity contribution in [3.05, 3.63) is 11.7 Å². The maximum absolute atomic E-state index is 6.20. The first kappa shape index (κ1) is 14.8. The van der Waals surface area contributed by atoms with Gasteiger partial charge >= 0.3 is 0 Å². The lowest BCUT2D eigenvalue weighted by Gasteiger charge is -2.34. The van der Waals surface area contributed by atoms with Gasteiger partial charge in [0.25, 0.3) is 0 Å². The number of rotatable bonds is 3. The molecule has 0 bridgehead atoms. The van der Waals surface area contributed by atoms with Gasteiger partial charge in [0, 0.05) is 12.1 Å². The summed E-state index contributed by atoms with van der Waals surface area (Å²) in [5, 5.41) is 4.06. The van der Waals surface area contributed by atoms with Crippen molar-refractivity contribution in [1.82, 2.24) is 15.0 Å². The first-order valence-electron chi connectivity index (χ1n) is 6.96. The summed E-state index contributed by atoms with van der Waals surface area (Å²) >= 11 is 0. The molecule has 19 heavy (non-hydrogen) atoms. The summed E-state index contributed by atoms with van der Waals surface area (Å²) in [5.74, 6) is 1.41. The second-order valence-electron chi connectivity index (χ2n) is 5.97. The predicted molar refractivity (Wildman–Crippen MR) is 75.0 cm³/mol. The average molecular weight is 287 g/mol. The molecule has 0 amide bonds. The summed E-state index contributed by atoms with van der Waals surface area (Å²) in [4.78, 5) is 6.92. The maximum atomic E-state index is 6.20. The van der Waals surface area contributed by atoms with Gasteiger partial charge in [0.15, 0.2) is 5.82 Å². The highest BCUT2D eigenvalue weighted by Gasteiger charge is 2.39. The Morgan fingerprint density at radius 3 is 2.47 bits per heavy atom. The van der Waals surface area contributed by atoms with Gasteiger partial charge < -0.3 is 10.3 Å². The molecule has 5 nitrogen and oxygen atoms in total. The third kappa shape index (κ3) is 2.64. The quantitative estimate of drug-likeness (QED) is 0.922. The SMILES string of the molecule is CC1CCC(C)N1Cc1nc(C2(N)CCC2)no1.Cl. The number of nitrogens with two attached hydrogens (primary N) is 1. The van der Waals surface area contributed by atoms with Gasteiger partial charge in [0.1, 0.15) is 0 Å². The van der Waals surface area contributed by atoms with Crippen molar-refractivity contribution in [2.45, 2.75) is 70.1 Å². The Morgan fingerprint density at radius 2 is 1.95 bits per heavy atom. The lowest BCUT2D eigenvalue weighted by atomic mass is 9.77. The van der Waals surface area contributed by atoms with Crippen LogP contribution < -0.4 is 5.73 Å². The number of nitrogens with zero attached hydrogens (tertiary/aromatic N) is 3. The van der Waals surface area contributed by atoms with E-state index in [0.29, 0.717) is 23.8 Å². The molecule has 108 valence electrons. The molecule has 2 aliphatic rings. The van der Waals surface area contributed by atoms with E-state index in [1.54, 1.807) is 0 Å². The molecule has 1 aliphatic carbocycles. The average Bonchev–Trinajstić information content (AvgIpc) is 2.88. The van der Waals surface area contributed by atoms with Crippen molar-refractivity contribution in [3.8, 4) is 0 Å². The molecule has 1 saturated heterocycles. The van der Waals surface area contributed by atoms with Crippen LogP contribution in [0.1, 0.15) is 57.7 Å². The molecule has 2 atom stereocenters. The lowest BCUT2D eigenvalue weighted by molar-refractivity contribution is 0.177. The fourth-order valence-corrected chi connectivity index (χ4v) is 3.02. The molecule has 0 spiro atoms. The van der Waals surface area contributed by atoms with Gasteiger partial charge in [-0.1, -0.05) is 5.16 Å². The third-order valence-corrected chi connectivity index (χ3v) is 4.61. The van der Waals surface area contributed by atoms with Crippen LogP contribution in [0.5, 0.6) is 0 Å². The smallest absolute Gasteiger partial charge is 0.240 e. The Bertz CT molecular complexity index is 422. The molecule has 1 aromatic heterocycles. The number of aromatic nitrogens is 2. The minimum atomic E-state index is -0.315. The van der Waals surface area contributed by atoms with E-state index in [-0.39, 0.29) is 17.9 Å². The van der Waals surface area contributed by atoms with Gasteiger partial charge in [-0.25, -0.2) is 0 Å². The van der Waals surface area contributed by atoms with Gasteiger partial charge in [0.05, 0.1) is 12.1 Å². The topological polar surface area (TPSA) is 68.2 Å². The highest BCUT2D eigenvalue weighted by molar-refractivity contribution is 5.85. The van der Waals surface area contributed by atoms with Gasteiger partial charge in [0.2, 0.25) is 5.89 Å². The Kier molecular flexibility index (Phi) is 4.18. The standard InChI is InChI=1S/C13H22N4O.ClH/c1-9-4-5-10(2)17(9)8-11-15-12(16-18-11)13(14)6-3-7-13;/h9-10H,3-8,14H2,1-2H3;1H. The first-order valence-corrected chi connectivity index (χ1v) is 6.96. The summed E-state index contributed by atoms with van der Waals surface area (Å²) in [6.07, 6.45) is 5.62. The fraction of sp³-hybridized carbons (Fsp3) is 0.846. The molecule has 3 rings (SSSR count). The molecule has 0 aromatic carbocycles. The summed E-state index contributed by atoms with van der Waals surface area (Å²) in [6, 6.07) is 1.21. The van der Waals surface area contributed by atoms with Crippen molar-refractivity contribution in [2.75, 3.05) is 0 Å². The van der Waals surface area contributed by atoms with Gasteiger partial charge in [-0.15, -0.1) is 12.4 Å². The third-order valence-electron chi connectivity index (χ3n) is 4.61. The normalized spacial score (nSPS) is 29.8. The van der Waals surface area contributed by atoms with E-state index in [1.807, 2.05) is 0 Å². The van der Waals surface area contributed by atoms with Gasteiger partial charge in [-0.05, 0) is 46.0 Å². The predicted octanol–water partition coefficient (Wildman–Crippen LogP) is 2.20. The van der Waals surface area contributed by atoms with Crippen LogP contribution >= 0.6 is 12.4 Å². The van der Waals surface area contributed by atoms with E-state index in [9.17, 15) is 0 Å². The van der Waals surface area contributed by atoms with Crippen molar-refractivity contribution in [3.63, 3.8) is 0 Å². The molecule has 2 unspecified atom stereocenters. The molecule has 2 N–H and O–H groups in total. The number of likely N-dealkylation sites (tertiary alicyclic amines) is 1. The largest absolute Gasteiger partial charge is 0.338 e. The van der Waals surface area contributed by atoms with E-state index in [2.05, 4.69) is 28.9 Å². The van der Waals surface area contributed by atoms with E-state index >= 15 is 0 Å². The molecular formula is C13H23ClN4O. The summed E-state index contributed by atoms with van der Waals surface area (Å²) in [6.45, 7) is 5.28. The molecule has 2 heterocycles. The fourth-order valence-electron chi connectivity index (χ4n) is 3.02. The van der Waals surface area contributed by atoms with Crippen LogP contribution in [-0.4, -0.2) is 27.1 Å². The van der Waals surface area contributed by atoms with Crippen LogP contribution in [0.3, 0.4) is 0 Å². The van der Waals surface area contributed by atoms with Crippen LogP contribution in [0.25, 0.3) is 0 Å². The van der Waals surface area contributed by atoms with E-state index in [1.165, 1.54) is 19.3 Å². The Labute approximate surface area is 120 Å². The van der Waals surface area contributed by atoms with E-state index in [4.69, 9.17) is 10.3 Å². The van der Waals surface area contributed by atoms with Gasteiger partial charge in [-0.3, -0.25) is 4.90 Å². The minimum Gasteiger partial charge on any atom is -0.338 e. The molecule has 1 aromatic rings. The van der Waals surface area contributed by atoms with Crippen molar-refractivity contribution < 1.29 is 4.52 Å². The zero-order valence-corrected chi connectivity index (χ0v) is 12.4. The van der Waals surface area contributed by atoms with Crippen LogP contribution in [0.2, 0.25) is 0 Å². The Hall–Kier alpha value is -0.650. The first-order chi connectivity index (χ1) is 8.58. The summed E-state index contributed by atoms with van der Waals surface area (Å²) in [7, 11) is 0. The zero-order valence-electron chi connectivity index (χ0n) is 11.6. The van der Waals surface area contributed by atoms with Crippen LogP contribution in [0.15, 0.2) is 4.52 Å². The number of hydrogen-bond donors (Lipinski definition) is 1. The van der Waals surface area contributed by atoms with Crippen molar-refractivity contribution >= 4 is 12.4 Å². The Morgan fingerprint density at radius 1 is 1.32 bits per heavy atom. The molecular weight excluding hydrogens is 264 g/mol. The summed E-state index contributed by atoms with van der Waals surface area (Å²) < 4.78 is 5.36. The monoisotopic (exact) mass is 286 g/mol. The minimum absolute atomic E-state index is 0. The molecule has 1 saturated carbocycles. The molecule has 1 aliphatic heterocycles. The molecule has 0 radical (unpaired) electrons. The van der Waals surface area contributed by atoms with E-state index < -0.39 is 0 Å². The van der Waals surface area contributed by atoms with Crippen LogP contribution in [0, 0.1) is 0 Å². The number of hydrogen-bond acceptors (Lipinski definition) is 5. The molecule has 2 fully saturated rings. The maximum Gasteiger partial charge on any atom is 0.240 e. The second kappa shape index (κ2) is 5.38. The highest BCUT2D eigenvalue weighted by Crippen LogP contribution is 2.37. The van der Waals surface area contributed by atoms with Crippen molar-refractivity contribution in [1.29, 1.82) is 0 Å². The molecule has 6 heteroatoms. The van der Waals surface area contributed by atoms with E-state index in [0.717, 1.165) is 19.4 Å². The van der Waals surface area contributed by atoms with Gasteiger partial charge in [-0.2, -0.15) is 4.98 Å². The van der Waals surface area contributed by atoms with Crippen LogP contribution in [0.4, 0.5) is 0 Å². The number of halogens is 1. The Balaban J connectivity index is 0.00000133. The second-order valence-corrected chi connectivity index (χ2v) is 5.97. The van der Waals surface area contributed by atoms with Crippen molar-refractivity contribution in [2.24, 2.45) is 5.73 Å². The van der Waals surface area contributed by atoms with Crippen LogP contribution in [-0.2, 0) is 12.1 Å². The lowest BCUT2D eigenvalue weighted by Crippen LogP contribution is -2.44.